The summed E-state index contributed by atoms with van der Waals surface area (Å²) in [5.41, 5.74) is 0.126. The molecule has 0 bridgehead atoms. The number of pyridine rings is 1. The van der Waals surface area contributed by atoms with E-state index in [0.717, 1.165) is 12.1 Å². The molecule has 0 aliphatic carbocycles. The van der Waals surface area contributed by atoms with Crippen molar-refractivity contribution in [3.8, 4) is 11.5 Å². The number of aromatic nitrogens is 2. The molecule has 3 aromatic rings. The number of ether oxygens (including phenoxy) is 2. The monoisotopic (exact) mass is 363 g/mol. The molecule has 26 heavy (non-hydrogen) atoms. The van der Waals surface area contributed by atoms with E-state index in [1.807, 2.05) is 0 Å². The highest BCUT2D eigenvalue weighted by Gasteiger charge is 2.28. The van der Waals surface area contributed by atoms with Gasteiger partial charge in [-0.3, -0.25) is 0 Å². The maximum atomic E-state index is 14.7. The minimum absolute atomic E-state index is 0.171. The highest BCUT2D eigenvalue weighted by molar-refractivity contribution is 5.82. The standard InChI is InChI=1S/C17H15F2N3O4/c1-25-9-6-10-11(8-21-17(10)20-7-9)16(22-24)14-12(18)2-3-13(15(14)19)26-5-4-23/h2-3,6-8,16,23H,4-5H2,1H3,(H,20,21). The smallest absolute Gasteiger partial charge is 0.173 e. The van der Waals surface area contributed by atoms with E-state index in [1.54, 1.807) is 6.07 Å². The number of aliphatic hydroxyl groups excluding tert-OH is 1. The summed E-state index contributed by atoms with van der Waals surface area (Å²) < 4.78 is 39.2. The second-order valence-corrected chi connectivity index (χ2v) is 5.37. The molecule has 0 amide bonds. The first-order valence-electron chi connectivity index (χ1n) is 7.65. The number of aliphatic hydroxyl groups is 1. The molecule has 0 spiro atoms. The first-order chi connectivity index (χ1) is 12.6. The number of halogens is 2. The van der Waals surface area contributed by atoms with Crippen molar-refractivity contribution in [2.75, 3.05) is 20.3 Å². The second kappa shape index (κ2) is 7.44. The van der Waals surface area contributed by atoms with E-state index in [4.69, 9.17) is 14.6 Å². The van der Waals surface area contributed by atoms with Crippen LogP contribution in [0, 0.1) is 16.5 Å². The predicted molar refractivity (Wildman–Crippen MR) is 89.2 cm³/mol. The number of nitrogens with zero attached hydrogens (tertiary/aromatic N) is 2. The molecule has 2 N–H and O–H groups in total. The Morgan fingerprint density at radius 2 is 2.19 bits per heavy atom. The van der Waals surface area contributed by atoms with Crippen LogP contribution >= 0.6 is 0 Å². The van der Waals surface area contributed by atoms with Gasteiger partial charge in [0.2, 0.25) is 0 Å². The van der Waals surface area contributed by atoms with Gasteiger partial charge in [-0.1, -0.05) is 5.18 Å². The highest BCUT2D eigenvalue weighted by atomic mass is 19.1. The first-order valence-corrected chi connectivity index (χ1v) is 7.65. The first kappa shape index (κ1) is 17.7. The van der Waals surface area contributed by atoms with Gasteiger partial charge in [-0.05, 0) is 18.2 Å². The van der Waals surface area contributed by atoms with Gasteiger partial charge in [0.15, 0.2) is 11.6 Å². The average molecular weight is 363 g/mol. The Balaban J connectivity index is 2.14. The number of fused-ring (bicyclic) bond motifs is 1. The summed E-state index contributed by atoms with van der Waals surface area (Å²) in [7, 11) is 1.45. The van der Waals surface area contributed by atoms with Crippen LogP contribution in [0.3, 0.4) is 0 Å². The van der Waals surface area contributed by atoms with Crippen LogP contribution in [-0.4, -0.2) is 35.4 Å². The third kappa shape index (κ3) is 3.08. The molecule has 9 heteroatoms. The van der Waals surface area contributed by atoms with Crippen LogP contribution in [0.4, 0.5) is 8.78 Å². The van der Waals surface area contributed by atoms with Gasteiger partial charge in [-0.25, -0.2) is 13.8 Å². The van der Waals surface area contributed by atoms with Crippen LogP contribution in [-0.2, 0) is 0 Å². The molecule has 0 aliphatic heterocycles. The van der Waals surface area contributed by atoms with Crippen molar-refractivity contribution in [2.24, 2.45) is 5.18 Å². The molecule has 2 aromatic heterocycles. The van der Waals surface area contributed by atoms with E-state index in [0.29, 0.717) is 16.8 Å². The summed E-state index contributed by atoms with van der Waals surface area (Å²) in [5.74, 6) is -1.84. The SMILES string of the molecule is COc1cnc2[nH]cc(C(N=O)c3c(F)ccc(OCCO)c3F)c2c1. The molecule has 0 saturated carbocycles. The molecular formula is C17H15F2N3O4. The lowest BCUT2D eigenvalue weighted by Crippen LogP contribution is -2.08. The van der Waals surface area contributed by atoms with Crippen LogP contribution in [0.15, 0.2) is 35.8 Å². The zero-order valence-electron chi connectivity index (χ0n) is 13.7. The number of hydrogen-bond donors (Lipinski definition) is 2. The number of rotatable bonds is 7. The van der Waals surface area contributed by atoms with Gasteiger partial charge < -0.3 is 19.6 Å². The van der Waals surface area contributed by atoms with E-state index in [-0.39, 0.29) is 24.5 Å². The second-order valence-electron chi connectivity index (χ2n) is 5.37. The van der Waals surface area contributed by atoms with E-state index < -0.39 is 23.2 Å². The van der Waals surface area contributed by atoms with Gasteiger partial charge in [0.1, 0.15) is 29.9 Å². The zero-order chi connectivity index (χ0) is 18.7. The van der Waals surface area contributed by atoms with Gasteiger partial charge >= 0.3 is 0 Å². The number of H-pyrrole nitrogens is 1. The summed E-state index contributed by atoms with van der Waals surface area (Å²) in [6, 6.07) is 2.20. The molecule has 3 rings (SSSR count). The van der Waals surface area contributed by atoms with E-state index in [2.05, 4.69) is 15.1 Å². The Labute approximate surface area is 146 Å². The van der Waals surface area contributed by atoms with E-state index in [9.17, 15) is 13.7 Å². The Morgan fingerprint density at radius 3 is 2.88 bits per heavy atom. The molecule has 136 valence electrons. The Morgan fingerprint density at radius 1 is 1.38 bits per heavy atom. The van der Waals surface area contributed by atoms with Gasteiger partial charge in [-0.2, -0.15) is 0 Å². The summed E-state index contributed by atoms with van der Waals surface area (Å²) >= 11 is 0. The summed E-state index contributed by atoms with van der Waals surface area (Å²) in [5, 5.41) is 12.2. The van der Waals surface area contributed by atoms with Crippen molar-refractivity contribution >= 4 is 11.0 Å². The van der Waals surface area contributed by atoms with E-state index in [1.165, 1.54) is 19.5 Å². The molecule has 2 heterocycles. The van der Waals surface area contributed by atoms with E-state index >= 15 is 0 Å². The molecule has 0 radical (unpaired) electrons. The van der Waals surface area contributed by atoms with Crippen molar-refractivity contribution in [1.29, 1.82) is 0 Å². The predicted octanol–water partition coefficient (Wildman–Crippen LogP) is 3.08. The third-order valence-corrected chi connectivity index (χ3v) is 3.89. The molecule has 0 fully saturated rings. The largest absolute Gasteiger partial charge is 0.495 e. The number of aromatic amines is 1. The lowest BCUT2D eigenvalue weighted by atomic mass is 9.98. The molecule has 0 saturated heterocycles. The summed E-state index contributed by atoms with van der Waals surface area (Å²) in [4.78, 5) is 18.5. The number of benzene rings is 1. The van der Waals surface area contributed by atoms with Crippen LogP contribution in [0.5, 0.6) is 11.5 Å². The molecule has 0 aliphatic rings. The van der Waals surface area contributed by atoms with Gasteiger partial charge in [0, 0.05) is 17.1 Å². The quantitative estimate of drug-likeness (QED) is 0.629. The Hall–Kier alpha value is -3.07. The van der Waals surface area contributed by atoms with Gasteiger partial charge in [0.25, 0.3) is 0 Å². The van der Waals surface area contributed by atoms with Crippen molar-refractivity contribution < 1.29 is 23.4 Å². The van der Waals surface area contributed by atoms with Crippen molar-refractivity contribution in [3.05, 3.63) is 58.3 Å². The van der Waals surface area contributed by atoms with Crippen molar-refractivity contribution in [1.82, 2.24) is 9.97 Å². The van der Waals surface area contributed by atoms with Crippen LogP contribution < -0.4 is 9.47 Å². The molecular weight excluding hydrogens is 348 g/mol. The lowest BCUT2D eigenvalue weighted by Gasteiger charge is -2.14. The van der Waals surface area contributed by atoms with Crippen molar-refractivity contribution in [2.45, 2.75) is 6.04 Å². The van der Waals surface area contributed by atoms with Crippen LogP contribution in [0.2, 0.25) is 0 Å². The zero-order valence-corrected chi connectivity index (χ0v) is 13.7. The maximum absolute atomic E-state index is 14.7. The fourth-order valence-electron chi connectivity index (χ4n) is 2.67. The number of methoxy groups -OCH3 is 1. The molecule has 1 unspecified atom stereocenters. The molecule has 1 atom stereocenters. The number of hydrogen-bond acceptors (Lipinski definition) is 6. The average Bonchev–Trinajstić information content (AvgIpc) is 3.07. The van der Waals surface area contributed by atoms with Gasteiger partial charge in [-0.15, -0.1) is 4.91 Å². The van der Waals surface area contributed by atoms with Crippen LogP contribution in [0.25, 0.3) is 11.0 Å². The van der Waals surface area contributed by atoms with Crippen LogP contribution in [0.1, 0.15) is 17.2 Å². The topological polar surface area (TPSA) is 96.8 Å². The third-order valence-electron chi connectivity index (χ3n) is 3.89. The van der Waals surface area contributed by atoms with Crippen molar-refractivity contribution in [3.63, 3.8) is 0 Å². The number of nitrogens with one attached hydrogen (secondary N) is 1. The minimum Gasteiger partial charge on any atom is -0.495 e. The highest BCUT2D eigenvalue weighted by Crippen LogP contribution is 2.37. The minimum atomic E-state index is -1.46. The van der Waals surface area contributed by atoms with Gasteiger partial charge in [0.05, 0.1) is 25.5 Å². The molecule has 1 aromatic carbocycles. The fourth-order valence-corrected chi connectivity index (χ4v) is 2.67. The maximum Gasteiger partial charge on any atom is 0.173 e. The summed E-state index contributed by atoms with van der Waals surface area (Å²) in [6.45, 7) is -0.509. The number of nitroso groups, excluding NO2 is 1. The lowest BCUT2D eigenvalue weighted by molar-refractivity contribution is 0.196. The summed E-state index contributed by atoms with van der Waals surface area (Å²) in [6.07, 6.45) is 2.89. The normalized spacial score (nSPS) is 12.2. The Kier molecular flexibility index (Phi) is 5.08. The fraction of sp³-hybridized carbons (Fsp3) is 0.235. The molecule has 7 nitrogen and oxygen atoms in total. The Bertz CT molecular complexity index is 945.